The molecule has 0 bridgehead atoms. The molecule has 0 atom stereocenters. The molecule has 0 N–H and O–H groups in total. The van der Waals surface area contributed by atoms with Crippen LogP contribution in [-0.2, 0) is 25.5 Å². The van der Waals surface area contributed by atoms with E-state index in [1.165, 1.54) is 5.56 Å². The molecule has 0 spiro atoms. The molecule has 11 aromatic rings. The molecular weight excluding hydrogens is 1000 g/mol. The van der Waals surface area contributed by atoms with Gasteiger partial charge in [0.25, 0.3) is 0 Å². The Bertz CT molecular complexity index is 3730. The number of aromatic nitrogens is 3. The van der Waals surface area contributed by atoms with Gasteiger partial charge in [0.15, 0.2) is 0 Å². The zero-order valence-electron chi connectivity index (χ0n) is 41.4. The normalized spacial score (nSPS) is 12.6. The third-order valence-corrected chi connectivity index (χ3v) is 12.4. The molecule has 4 aromatic heterocycles. The van der Waals surface area contributed by atoms with Crippen LogP contribution in [0.2, 0.25) is 0 Å². The molecule has 0 aliphatic heterocycles. The summed E-state index contributed by atoms with van der Waals surface area (Å²) in [6.07, 6.45) is 1.95. The maximum absolute atomic E-state index is 9.42. The van der Waals surface area contributed by atoms with Crippen molar-refractivity contribution >= 4 is 54.9 Å². The SMILES string of the molecule is CC(C)(C)c1ccc(-c2[c-]cccc2)nc1.[2H]C([2H])([2H])c1cccc2nc(-c3[c-]ccc4c3oc3cc5c(cc34)oc3cc(C#N)ccc35)n(-c3c(C(C)C)cc(-c4ccccc4)cc3C(C)C)c12.[Ir]. The van der Waals surface area contributed by atoms with Crippen LogP contribution in [0.5, 0.6) is 0 Å². The fourth-order valence-electron chi connectivity index (χ4n) is 8.92. The minimum Gasteiger partial charge on any atom is -0.501 e. The first-order chi connectivity index (χ1) is 33.1. The minimum atomic E-state index is -2.39. The number of imidazole rings is 1. The number of furan rings is 2. The van der Waals surface area contributed by atoms with Gasteiger partial charge in [0.05, 0.1) is 34.1 Å². The Labute approximate surface area is 409 Å². The van der Waals surface area contributed by atoms with Gasteiger partial charge in [-0.05, 0) is 112 Å². The van der Waals surface area contributed by atoms with Gasteiger partial charge >= 0.3 is 0 Å². The third-order valence-electron chi connectivity index (χ3n) is 12.4. The van der Waals surface area contributed by atoms with E-state index in [9.17, 15) is 5.26 Å². The van der Waals surface area contributed by atoms with Crippen LogP contribution in [0, 0.1) is 30.3 Å². The molecular formula is C60H50IrN4O2-2. The molecule has 4 heterocycles. The summed E-state index contributed by atoms with van der Waals surface area (Å²) < 4.78 is 40.9. The Morgan fingerprint density at radius 2 is 1.40 bits per heavy atom. The van der Waals surface area contributed by atoms with Crippen LogP contribution in [0.15, 0.2) is 155 Å². The summed E-state index contributed by atoms with van der Waals surface area (Å²) in [7, 11) is 0. The number of hydrogen-bond acceptors (Lipinski definition) is 5. The summed E-state index contributed by atoms with van der Waals surface area (Å²) in [5.74, 6) is 0.740. The second kappa shape index (κ2) is 17.9. The molecule has 7 heteroatoms. The Hall–Kier alpha value is -7.10. The first-order valence-electron chi connectivity index (χ1n) is 23.9. The van der Waals surface area contributed by atoms with Crippen LogP contribution < -0.4 is 0 Å². The topological polar surface area (TPSA) is 80.8 Å². The molecule has 0 saturated carbocycles. The van der Waals surface area contributed by atoms with Gasteiger partial charge in [-0.3, -0.25) is 4.98 Å². The molecule has 0 unspecified atom stereocenters. The quantitative estimate of drug-likeness (QED) is 0.155. The molecule has 333 valence electrons. The molecule has 0 aliphatic rings. The summed E-state index contributed by atoms with van der Waals surface area (Å²) in [5.41, 5.74) is 13.9. The number of para-hydroxylation sites is 1. The summed E-state index contributed by atoms with van der Waals surface area (Å²) >= 11 is 0. The smallest absolute Gasteiger partial charge is 0.136 e. The predicted octanol–water partition coefficient (Wildman–Crippen LogP) is 16.2. The Balaban J connectivity index is 0.000000304. The third kappa shape index (κ3) is 8.26. The summed E-state index contributed by atoms with van der Waals surface area (Å²) in [5, 5.41) is 12.9. The van der Waals surface area contributed by atoms with Crippen LogP contribution in [0.25, 0.3) is 94.4 Å². The second-order valence-corrected chi connectivity index (χ2v) is 18.5. The van der Waals surface area contributed by atoms with Crippen LogP contribution in [0.3, 0.4) is 0 Å². The molecule has 0 aliphatic carbocycles. The van der Waals surface area contributed by atoms with E-state index in [1.807, 2.05) is 85.1 Å². The van der Waals surface area contributed by atoms with Crippen molar-refractivity contribution < 1.29 is 33.1 Å². The molecule has 1 radical (unpaired) electrons. The first-order valence-corrected chi connectivity index (χ1v) is 22.4. The first kappa shape index (κ1) is 41.3. The Morgan fingerprint density at radius 1 is 0.687 bits per heavy atom. The van der Waals surface area contributed by atoms with Crippen LogP contribution in [0.1, 0.15) is 92.2 Å². The van der Waals surface area contributed by atoms with Gasteiger partial charge in [-0.1, -0.05) is 114 Å². The number of fused-ring (bicyclic) bond motifs is 7. The number of aryl methyl sites for hydroxylation is 1. The van der Waals surface area contributed by atoms with Crippen molar-refractivity contribution in [3.8, 4) is 45.5 Å². The summed E-state index contributed by atoms with van der Waals surface area (Å²) in [4.78, 5) is 9.70. The number of hydrogen-bond donors (Lipinski definition) is 0. The van der Waals surface area contributed by atoms with E-state index >= 15 is 0 Å². The van der Waals surface area contributed by atoms with E-state index in [0.717, 1.165) is 60.7 Å². The fourth-order valence-corrected chi connectivity index (χ4v) is 8.92. The van der Waals surface area contributed by atoms with E-state index < -0.39 is 6.85 Å². The van der Waals surface area contributed by atoms with Gasteiger partial charge in [-0.2, -0.15) is 5.26 Å². The number of nitriles is 1. The molecule has 67 heavy (non-hydrogen) atoms. The van der Waals surface area contributed by atoms with Crippen LogP contribution in [0.4, 0.5) is 0 Å². The Kier molecular flexibility index (Phi) is 11.1. The van der Waals surface area contributed by atoms with Crippen LogP contribution in [-0.4, -0.2) is 14.5 Å². The number of rotatable bonds is 6. The van der Waals surface area contributed by atoms with E-state index in [4.69, 9.17) is 17.9 Å². The molecule has 0 amide bonds. The van der Waals surface area contributed by atoms with Gasteiger partial charge in [0, 0.05) is 52.3 Å². The van der Waals surface area contributed by atoms with Gasteiger partial charge in [-0.15, -0.1) is 54.1 Å². The molecule has 6 nitrogen and oxygen atoms in total. The monoisotopic (exact) mass is 1050 g/mol. The second-order valence-electron chi connectivity index (χ2n) is 18.5. The largest absolute Gasteiger partial charge is 0.501 e. The fraction of sp³-hybridized carbons (Fsp3) is 0.183. The van der Waals surface area contributed by atoms with Crippen molar-refractivity contribution in [2.45, 2.75) is 72.6 Å². The van der Waals surface area contributed by atoms with Gasteiger partial charge in [-0.25, -0.2) is 0 Å². The van der Waals surface area contributed by atoms with Gasteiger partial charge < -0.3 is 18.4 Å². The van der Waals surface area contributed by atoms with Crippen molar-refractivity contribution in [2.75, 3.05) is 0 Å². The van der Waals surface area contributed by atoms with E-state index in [0.29, 0.717) is 50.3 Å². The average molecular weight is 1050 g/mol. The zero-order valence-corrected chi connectivity index (χ0v) is 40.8. The average Bonchev–Trinajstić information content (AvgIpc) is 4.03. The van der Waals surface area contributed by atoms with Gasteiger partial charge in [0.2, 0.25) is 0 Å². The van der Waals surface area contributed by atoms with E-state index in [1.54, 1.807) is 24.3 Å². The number of benzene rings is 7. The molecule has 0 fully saturated rings. The summed E-state index contributed by atoms with van der Waals surface area (Å²) in [6, 6.07) is 54.3. The zero-order chi connectivity index (χ0) is 48.4. The van der Waals surface area contributed by atoms with E-state index in [2.05, 4.69) is 113 Å². The van der Waals surface area contributed by atoms with Crippen molar-refractivity contribution in [1.82, 2.24) is 14.5 Å². The van der Waals surface area contributed by atoms with Crippen molar-refractivity contribution in [3.63, 3.8) is 0 Å². The Morgan fingerprint density at radius 3 is 2.06 bits per heavy atom. The summed E-state index contributed by atoms with van der Waals surface area (Å²) in [6.45, 7) is 12.9. The number of pyridine rings is 1. The van der Waals surface area contributed by atoms with Crippen molar-refractivity contribution in [3.05, 3.63) is 186 Å². The predicted molar refractivity (Wildman–Crippen MR) is 270 cm³/mol. The standard InChI is InChI=1S/C45H34N3O2.C15H16N.Ir/c1-25(2)34-20-30(29-12-7-6-8-13-29)21-35(26(3)4)43(34)48-42-27(5)11-9-16-38(42)47-45(48)33-15-10-14-32-37-23-40-36(22-41(37)50-44(32)33)31-18-17-28(24-46)19-39(31)49-40;1-15(2,3)13-9-10-14(16-11-13)12-7-5-4-6-8-12;/h6-14,16-23,25-26H,1-5H3;4-7,9-11H,1-3H3;/q2*-1;/i5D3;;. The van der Waals surface area contributed by atoms with Crippen molar-refractivity contribution in [1.29, 1.82) is 5.26 Å². The number of nitrogens with zero attached hydrogens (tertiary/aromatic N) is 4. The van der Waals surface area contributed by atoms with E-state index in [-0.39, 0.29) is 42.9 Å². The molecule has 0 saturated heterocycles. The van der Waals surface area contributed by atoms with Gasteiger partial charge in [0.1, 0.15) is 16.7 Å². The molecule has 7 aromatic carbocycles. The van der Waals surface area contributed by atoms with Crippen LogP contribution >= 0.6 is 0 Å². The molecule has 11 rings (SSSR count). The maximum atomic E-state index is 9.42. The minimum absolute atomic E-state index is 0. The maximum Gasteiger partial charge on any atom is 0.136 e. The van der Waals surface area contributed by atoms with Crippen molar-refractivity contribution in [2.24, 2.45) is 0 Å².